The van der Waals surface area contributed by atoms with Crippen LogP contribution in [0, 0.1) is 23.4 Å². The first-order valence-corrected chi connectivity index (χ1v) is 5.58. The molecule has 1 aliphatic carbocycles. The molecule has 17 heavy (non-hydrogen) atoms. The van der Waals surface area contributed by atoms with E-state index in [1.165, 1.54) is 0 Å². The summed E-state index contributed by atoms with van der Waals surface area (Å²) in [5.41, 5.74) is 0.376. The summed E-state index contributed by atoms with van der Waals surface area (Å²) in [7, 11) is 0. The predicted octanol–water partition coefficient (Wildman–Crippen LogP) is 1.96. The lowest BCUT2D eigenvalue weighted by Gasteiger charge is -2.31. The van der Waals surface area contributed by atoms with Gasteiger partial charge in [-0.1, -0.05) is 0 Å². The van der Waals surface area contributed by atoms with Crippen LogP contribution >= 0.6 is 0 Å². The van der Waals surface area contributed by atoms with Gasteiger partial charge in [-0.25, -0.2) is 13.2 Å². The Hall–Kier alpha value is -1.07. The summed E-state index contributed by atoms with van der Waals surface area (Å²) in [5.74, 6) is -3.35. The lowest BCUT2D eigenvalue weighted by Crippen LogP contribution is -2.35. The summed E-state index contributed by atoms with van der Waals surface area (Å²) in [6, 6.07) is 1.97. The van der Waals surface area contributed by atoms with Crippen LogP contribution in [0.3, 0.4) is 0 Å². The lowest BCUT2D eigenvalue weighted by atomic mass is 9.82. The lowest BCUT2D eigenvalue weighted by molar-refractivity contribution is 0.0430. The van der Waals surface area contributed by atoms with Gasteiger partial charge in [0.1, 0.15) is 0 Å². The molecule has 0 bridgehead atoms. The molecule has 0 amide bonds. The Bertz CT molecular complexity index is 382. The van der Waals surface area contributed by atoms with E-state index in [0.29, 0.717) is 24.6 Å². The fraction of sp³-hybridized carbons (Fsp3) is 0.500. The van der Waals surface area contributed by atoms with Crippen molar-refractivity contribution < 1.29 is 18.3 Å². The molecule has 0 heterocycles. The molecule has 0 aromatic heterocycles. The molecule has 1 aromatic rings. The predicted molar refractivity (Wildman–Crippen MR) is 56.8 cm³/mol. The standard InChI is InChI=1S/C12H14F3NO/c13-10-3-8(4-11(14)12(10)15)6-16-5-7-1-9(17)2-7/h3-4,7,9,16-17H,1-2,5-6H2. The zero-order valence-corrected chi connectivity index (χ0v) is 9.22. The van der Waals surface area contributed by atoms with E-state index in [4.69, 9.17) is 5.11 Å². The molecule has 0 aliphatic heterocycles. The van der Waals surface area contributed by atoms with Crippen molar-refractivity contribution in [3.63, 3.8) is 0 Å². The fourth-order valence-corrected chi connectivity index (χ4v) is 2.00. The van der Waals surface area contributed by atoms with E-state index in [9.17, 15) is 13.2 Å². The third-order valence-electron chi connectivity index (χ3n) is 3.02. The zero-order valence-electron chi connectivity index (χ0n) is 9.22. The average Bonchev–Trinajstić information content (AvgIpc) is 2.23. The van der Waals surface area contributed by atoms with E-state index in [0.717, 1.165) is 25.0 Å². The molecule has 1 fully saturated rings. The maximum absolute atomic E-state index is 12.9. The Kier molecular flexibility index (Phi) is 3.69. The molecule has 0 atom stereocenters. The van der Waals surface area contributed by atoms with Gasteiger partial charge < -0.3 is 10.4 Å². The van der Waals surface area contributed by atoms with Crippen molar-refractivity contribution in [3.8, 4) is 0 Å². The maximum Gasteiger partial charge on any atom is 0.194 e. The number of hydrogen-bond donors (Lipinski definition) is 2. The van der Waals surface area contributed by atoms with Crippen LogP contribution in [-0.4, -0.2) is 17.8 Å². The van der Waals surface area contributed by atoms with Crippen molar-refractivity contribution in [2.24, 2.45) is 5.92 Å². The molecule has 1 saturated carbocycles. The van der Waals surface area contributed by atoms with Gasteiger partial charge >= 0.3 is 0 Å². The van der Waals surface area contributed by atoms with E-state index in [1.807, 2.05) is 0 Å². The highest BCUT2D eigenvalue weighted by Gasteiger charge is 2.26. The third kappa shape index (κ3) is 2.98. The number of aliphatic hydroxyl groups is 1. The summed E-state index contributed by atoms with van der Waals surface area (Å²) in [6.45, 7) is 0.985. The molecule has 0 saturated heterocycles. The Morgan fingerprint density at radius 2 is 1.76 bits per heavy atom. The fourth-order valence-electron chi connectivity index (χ4n) is 2.00. The summed E-state index contributed by atoms with van der Waals surface area (Å²) in [4.78, 5) is 0. The number of halogens is 3. The quantitative estimate of drug-likeness (QED) is 0.795. The molecule has 0 spiro atoms. The van der Waals surface area contributed by atoms with Gasteiger partial charge in [-0.2, -0.15) is 0 Å². The summed E-state index contributed by atoms with van der Waals surface area (Å²) < 4.78 is 38.4. The monoisotopic (exact) mass is 245 g/mol. The molecule has 0 unspecified atom stereocenters. The average molecular weight is 245 g/mol. The van der Waals surface area contributed by atoms with Gasteiger partial charge in [0.15, 0.2) is 17.5 Å². The zero-order chi connectivity index (χ0) is 12.4. The van der Waals surface area contributed by atoms with Crippen molar-refractivity contribution in [1.29, 1.82) is 0 Å². The van der Waals surface area contributed by atoms with Crippen LogP contribution in [0.4, 0.5) is 13.2 Å². The SMILES string of the molecule is OC1CC(CNCc2cc(F)c(F)c(F)c2)C1. The number of benzene rings is 1. The smallest absolute Gasteiger partial charge is 0.194 e. The highest BCUT2D eigenvalue weighted by Crippen LogP contribution is 2.26. The number of nitrogens with one attached hydrogen (secondary N) is 1. The summed E-state index contributed by atoms with van der Waals surface area (Å²) in [6.07, 6.45) is 1.32. The second-order valence-electron chi connectivity index (χ2n) is 4.50. The van der Waals surface area contributed by atoms with Crippen LogP contribution < -0.4 is 5.32 Å². The first-order chi connectivity index (χ1) is 8.06. The number of rotatable bonds is 4. The van der Waals surface area contributed by atoms with Crippen molar-refractivity contribution >= 4 is 0 Å². The van der Waals surface area contributed by atoms with E-state index in [1.54, 1.807) is 0 Å². The maximum atomic E-state index is 12.9. The molecular formula is C12H14F3NO. The largest absolute Gasteiger partial charge is 0.393 e. The van der Waals surface area contributed by atoms with Gasteiger partial charge in [0.05, 0.1) is 6.10 Å². The van der Waals surface area contributed by atoms with Gasteiger partial charge in [-0.05, 0) is 43.0 Å². The van der Waals surface area contributed by atoms with Crippen molar-refractivity contribution in [2.45, 2.75) is 25.5 Å². The van der Waals surface area contributed by atoms with Gasteiger partial charge in [0, 0.05) is 6.54 Å². The van der Waals surface area contributed by atoms with Crippen molar-refractivity contribution in [3.05, 3.63) is 35.1 Å². The van der Waals surface area contributed by atoms with Gasteiger partial charge in [0.25, 0.3) is 0 Å². The first kappa shape index (κ1) is 12.4. The Morgan fingerprint density at radius 1 is 1.18 bits per heavy atom. The third-order valence-corrected chi connectivity index (χ3v) is 3.02. The van der Waals surface area contributed by atoms with Crippen LogP contribution in [0.25, 0.3) is 0 Å². The molecule has 1 aliphatic rings. The van der Waals surface area contributed by atoms with Gasteiger partial charge in [0.2, 0.25) is 0 Å². The molecule has 2 nitrogen and oxygen atoms in total. The Labute approximate surface area is 97.5 Å². The minimum Gasteiger partial charge on any atom is -0.393 e. The van der Waals surface area contributed by atoms with Gasteiger partial charge in [-0.3, -0.25) is 0 Å². The van der Waals surface area contributed by atoms with Gasteiger partial charge in [-0.15, -0.1) is 0 Å². The molecule has 94 valence electrons. The van der Waals surface area contributed by atoms with E-state index >= 15 is 0 Å². The number of aliphatic hydroxyl groups excluding tert-OH is 1. The van der Waals surface area contributed by atoms with Crippen molar-refractivity contribution in [2.75, 3.05) is 6.54 Å². The first-order valence-electron chi connectivity index (χ1n) is 5.58. The summed E-state index contributed by atoms with van der Waals surface area (Å²) >= 11 is 0. The van der Waals surface area contributed by atoms with E-state index < -0.39 is 17.5 Å². The second kappa shape index (κ2) is 5.06. The van der Waals surface area contributed by atoms with Crippen LogP contribution in [0.5, 0.6) is 0 Å². The van der Waals surface area contributed by atoms with E-state index in [-0.39, 0.29) is 6.10 Å². The van der Waals surface area contributed by atoms with E-state index in [2.05, 4.69) is 5.32 Å². The van der Waals surface area contributed by atoms with Crippen LogP contribution in [0.15, 0.2) is 12.1 Å². The molecule has 0 radical (unpaired) electrons. The van der Waals surface area contributed by atoms with Crippen LogP contribution in [0.1, 0.15) is 18.4 Å². The Balaban J connectivity index is 1.82. The molecule has 2 N–H and O–H groups in total. The Morgan fingerprint density at radius 3 is 2.29 bits per heavy atom. The molecular weight excluding hydrogens is 231 g/mol. The number of hydrogen-bond acceptors (Lipinski definition) is 2. The minimum atomic E-state index is -1.43. The van der Waals surface area contributed by atoms with Crippen LogP contribution in [0.2, 0.25) is 0 Å². The summed E-state index contributed by atoms with van der Waals surface area (Å²) in [5, 5.41) is 12.1. The highest BCUT2D eigenvalue weighted by atomic mass is 19.2. The molecule has 5 heteroatoms. The highest BCUT2D eigenvalue weighted by molar-refractivity contribution is 5.19. The normalized spacial score (nSPS) is 23.5. The van der Waals surface area contributed by atoms with Crippen LogP contribution in [-0.2, 0) is 6.54 Å². The van der Waals surface area contributed by atoms with Crippen molar-refractivity contribution in [1.82, 2.24) is 5.32 Å². The second-order valence-corrected chi connectivity index (χ2v) is 4.50. The molecule has 2 rings (SSSR count). The minimum absolute atomic E-state index is 0.206. The topological polar surface area (TPSA) is 32.3 Å². The molecule has 1 aromatic carbocycles.